The first-order chi connectivity index (χ1) is 6.75. The second-order valence-electron chi connectivity index (χ2n) is 3.80. The van der Waals surface area contributed by atoms with Gasteiger partial charge in [-0.1, -0.05) is 24.3 Å². The van der Waals surface area contributed by atoms with Crippen molar-refractivity contribution in [1.82, 2.24) is 10.6 Å². The largest absolute Gasteiger partial charge is 0.380 e. The summed E-state index contributed by atoms with van der Waals surface area (Å²) in [4.78, 5) is 0. The fourth-order valence-corrected chi connectivity index (χ4v) is 1.71. The molecule has 0 amide bonds. The highest BCUT2D eigenvalue weighted by molar-refractivity contribution is 5.32. The molecule has 2 rings (SSSR count). The average molecular weight is 188 g/mol. The molecule has 0 aromatic heterocycles. The monoisotopic (exact) mass is 188 g/mol. The molecule has 0 saturated heterocycles. The van der Waals surface area contributed by atoms with Gasteiger partial charge in [0.1, 0.15) is 0 Å². The predicted molar refractivity (Wildman–Crippen MR) is 59.6 cm³/mol. The zero-order chi connectivity index (χ0) is 9.97. The lowest BCUT2D eigenvalue weighted by Gasteiger charge is -2.27. The Balaban J connectivity index is 2.10. The van der Waals surface area contributed by atoms with Gasteiger partial charge >= 0.3 is 0 Å². The fraction of sp³-hybridized carbons (Fsp3) is 0.333. The molecule has 2 heterocycles. The summed E-state index contributed by atoms with van der Waals surface area (Å²) in [5.41, 5.74) is 2.45. The molecule has 2 heteroatoms. The van der Waals surface area contributed by atoms with Gasteiger partial charge in [0.15, 0.2) is 0 Å². The van der Waals surface area contributed by atoms with Crippen molar-refractivity contribution < 1.29 is 0 Å². The maximum Gasteiger partial charge on any atom is 0.0844 e. The summed E-state index contributed by atoms with van der Waals surface area (Å²) in [7, 11) is 0. The quantitative estimate of drug-likeness (QED) is 0.656. The van der Waals surface area contributed by atoms with Crippen molar-refractivity contribution in [2.75, 3.05) is 0 Å². The Morgan fingerprint density at radius 1 is 1.07 bits per heavy atom. The SMILES string of the molecule is CC1=CC=CC(C2=CC=CC(C)N2)N1. The van der Waals surface area contributed by atoms with E-state index >= 15 is 0 Å². The van der Waals surface area contributed by atoms with Crippen LogP contribution in [0.25, 0.3) is 0 Å². The Hall–Kier alpha value is -1.44. The van der Waals surface area contributed by atoms with Gasteiger partial charge in [0.2, 0.25) is 0 Å². The van der Waals surface area contributed by atoms with E-state index in [2.05, 4.69) is 60.9 Å². The summed E-state index contributed by atoms with van der Waals surface area (Å²) >= 11 is 0. The maximum atomic E-state index is 3.44. The van der Waals surface area contributed by atoms with E-state index in [1.807, 2.05) is 0 Å². The fourth-order valence-electron chi connectivity index (χ4n) is 1.71. The molecule has 74 valence electrons. The second-order valence-corrected chi connectivity index (χ2v) is 3.80. The van der Waals surface area contributed by atoms with Crippen molar-refractivity contribution in [2.24, 2.45) is 0 Å². The normalized spacial score (nSPS) is 30.1. The van der Waals surface area contributed by atoms with Crippen LogP contribution in [0.15, 0.2) is 47.9 Å². The van der Waals surface area contributed by atoms with Crippen LogP contribution in [0.2, 0.25) is 0 Å². The molecule has 2 atom stereocenters. The van der Waals surface area contributed by atoms with Crippen LogP contribution >= 0.6 is 0 Å². The Morgan fingerprint density at radius 2 is 1.86 bits per heavy atom. The number of dihydropyridines is 2. The summed E-state index contributed by atoms with van der Waals surface area (Å²) in [6, 6.07) is 0.726. The molecule has 2 aliphatic heterocycles. The second kappa shape index (κ2) is 3.74. The topological polar surface area (TPSA) is 24.1 Å². The molecule has 0 aromatic rings. The molecule has 2 N–H and O–H groups in total. The predicted octanol–water partition coefficient (Wildman–Crippen LogP) is 1.85. The lowest BCUT2D eigenvalue weighted by molar-refractivity contribution is 0.622. The molecule has 0 radical (unpaired) electrons. The van der Waals surface area contributed by atoms with E-state index in [4.69, 9.17) is 0 Å². The van der Waals surface area contributed by atoms with Gasteiger partial charge in [-0.3, -0.25) is 0 Å². The zero-order valence-electron chi connectivity index (χ0n) is 8.62. The highest BCUT2D eigenvalue weighted by Gasteiger charge is 2.15. The highest BCUT2D eigenvalue weighted by atomic mass is 15.0. The molecule has 2 unspecified atom stereocenters. The van der Waals surface area contributed by atoms with Crippen molar-refractivity contribution >= 4 is 0 Å². The molecule has 2 nitrogen and oxygen atoms in total. The Bertz CT molecular complexity index is 334. The standard InChI is InChI=1S/C12H16N2/c1-9-5-3-7-11(13-9)12-8-4-6-10(2)14-12/h3-9,12-14H,1-2H3. The summed E-state index contributed by atoms with van der Waals surface area (Å²) in [6.07, 6.45) is 12.7. The lowest BCUT2D eigenvalue weighted by atomic mass is 10.1. The third-order valence-electron chi connectivity index (χ3n) is 2.44. The average Bonchev–Trinajstić information content (AvgIpc) is 2.18. The Kier molecular flexibility index (Phi) is 2.44. The Morgan fingerprint density at radius 3 is 2.57 bits per heavy atom. The van der Waals surface area contributed by atoms with E-state index in [0.717, 1.165) is 0 Å². The van der Waals surface area contributed by atoms with E-state index < -0.39 is 0 Å². The molecule has 0 bridgehead atoms. The minimum Gasteiger partial charge on any atom is -0.380 e. The van der Waals surface area contributed by atoms with Crippen LogP contribution in [0, 0.1) is 0 Å². The number of allylic oxidation sites excluding steroid dienone is 5. The van der Waals surface area contributed by atoms with Crippen LogP contribution in [-0.2, 0) is 0 Å². The first-order valence-corrected chi connectivity index (χ1v) is 5.02. The summed E-state index contributed by atoms with van der Waals surface area (Å²) in [6.45, 7) is 4.23. The van der Waals surface area contributed by atoms with Crippen LogP contribution in [0.1, 0.15) is 13.8 Å². The molecular weight excluding hydrogens is 172 g/mol. The van der Waals surface area contributed by atoms with Gasteiger partial charge in [0.25, 0.3) is 0 Å². The lowest BCUT2D eigenvalue weighted by Crippen LogP contribution is -2.39. The van der Waals surface area contributed by atoms with Crippen molar-refractivity contribution in [2.45, 2.75) is 25.9 Å². The van der Waals surface area contributed by atoms with Gasteiger partial charge in [-0.15, -0.1) is 0 Å². The minimum absolute atomic E-state index is 0.299. The summed E-state index contributed by atoms with van der Waals surface area (Å²) in [5.74, 6) is 0. The maximum absolute atomic E-state index is 3.44. The van der Waals surface area contributed by atoms with E-state index in [9.17, 15) is 0 Å². The molecule has 0 aliphatic carbocycles. The van der Waals surface area contributed by atoms with Gasteiger partial charge in [-0.2, -0.15) is 0 Å². The van der Waals surface area contributed by atoms with Gasteiger partial charge in [-0.25, -0.2) is 0 Å². The van der Waals surface area contributed by atoms with Gasteiger partial charge in [0.05, 0.1) is 6.04 Å². The van der Waals surface area contributed by atoms with Gasteiger partial charge < -0.3 is 10.6 Å². The van der Waals surface area contributed by atoms with Crippen molar-refractivity contribution in [3.8, 4) is 0 Å². The third-order valence-corrected chi connectivity index (χ3v) is 2.44. The summed E-state index contributed by atoms with van der Waals surface area (Å²) in [5, 5.41) is 6.86. The number of rotatable bonds is 1. The number of hydrogen-bond donors (Lipinski definition) is 2. The number of nitrogens with one attached hydrogen (secondary N) is 2. The first kappa shape index (κ1) is 9.13. The van der Waals surface area contributed by atoms with Gasteiger partial charge in [-0.05, 0) is 26.0 Å². The first-order valence-electron chi connectivity index (χ1n) is 5.02. The van der Waals surface area contributed by atoms with E-state index in [0.29, 0.717) is 12.1 Å². The van der Waals surface area contributed by atoms with Crippen molar-refractivity contribution in [1.29, 1.82) is 0 Å². The molecule has 0 saturated carbocycles. The summed E-state index contributed by atoms with van der Waals surface area (Å²) < 4.78 is 0. The molecule has 14 heavy (non-hydrogen) atoms. The van der Waals surface area contributed by atoms with E-state index in [1.54, 1.807) is 0 Å². The minimum atomic E-state index is 0.299. The van der Waals surface area contributed by atoms with Crippen LogP contribution in [0.5, 0.6) is 0 Å². The molecule has 0 fully saturated rings. The van der Waals surface area contributed by atoms with E-state index in [1.165, 1.54) is 11.4 Å². The molecule has 0 spiro atoms. The molecule has 0 aromatic carbocycles. The molecular formula is C12H16N2. The number of hydrogen-bond acceptors (Lipinski definition) is 2. The van der Waals surface area contributed by atoms with E-state index in [-0.39, 0.29) is 0 Å². The highest BCUT2D eigenvalue weighted by Crippen LogP contribution is 2.12. The van der Waals surface area contributed by atoms with Crippen LogP contribution < -0.4 is 10.6 Å². The van der Waals surface area contributed by atoms with Crippen LogP contribution in [0.3, 0.4) is 0 Å². The van der Waals surface area contributed by atoms with Gasteiger partial charge in [0, 0.05) is 17.4 Å². The smallest absolute Gasteiger partial charge is 0.0844 e. The third kappa shape index (κ3) is 1.90. The van der Waals surface area contributed by atoms with Crippen LogP contribution in [-0.4, -0.2) is 12.1 Å². The van der Waals surface area contributed by atoms with Crippen molar-refractivity contribution in [3.63, 3.8) is 0 Å². The van der Waals surface area contributed by atoms with Crippen LogP contribution in [0.4, 0.5) is 0 Å². The molecule has 2 aliphatic rings. The zero-order valence-corrected chi connectivity index (χ0v) is 8.62. The van der Waals surface area contributed by atoms with Crippen molar-refractivity contribution in [3.05, 3.63) is 47.9 Å². The Labute approximate surface area is 85.1 Å².